The molecule has 162 valence electrons. The van der Waals surface area contributed by atoms with Gasteiger partial charge in [0, 0.05) is 44.8 Å². The molecular formula is C23H30FN3O3. The van der Waals surface area contributed by atoms with Crippen molar-refractivity contribution in [2.24, 2.45) is 0 Å². The maximum Gasteiger partial charge on any atom is 0.237 e. The molecule has 1 aliphatic heterocycles. The summed E-state index contributed by atoms with van der Waals surface area (Å²) in [5, 5.41) is 3.01. The van der Waals surface area contributed by atoms with Crippen molar-refractivity contribution in [3.8, 4) is 11.5 Å². The lowest BCUT2D eigenvalue weighted by atomic mass is 10.1. The van der Waals surface area contributed by atoms with Crippen LogP contribution < -0.4 is 14.8 Å². The summed E-state index contributed by atoms with van der Waals surface area (Å²) in [7, 11) is 3.23. The van der Waals surface area contributed by atoms with Crippen molar-refractivity contribution in [1.82, 2.24) is 15.1 Å². The number of carbonyl (C=O) groups is 1. The van der Waals surface area contributed by atoms with Crippen molar-refractivity contribution in [3.63, 3.8) is 0 Å². The van der Waals surface area contributed by atoms with E-state index in [1.54, 1.807) is 20.3 Å². The molecule has 1 N–H and O–H groups in total. The van der Waals surface area contributed by atoms with Crippen LogP contribution in [0.2, 0.25) is 0 Å². The molecule has 6 nitrogen and oxygen atoms in total. The smallest absolute Gasteiger partial charge is 0.237 e. The van der Waals surface area contributed by atoms with E-state index in [1.807, 2.05) is 31.2 Å². The first-order valence-electron chi connectivity index (χ1n) is 10.2. The maximum absolute atomic E-state index is 13.6. The Balaban J connectivity index is 1.46. The van der Waals surface area contributed by atoms with Crippen LogP contribution in [0, 0.1) is 5.82 Å². The number of nitrogens with one attached hydrogen (secondary N) is 1. The molecule has 1 heterocycles. The van der Waals surface area contributed by atoms with Gasteiger partial charge in [-0.1, -0.05) is 12.1 Å². The highest BCUT2D eigenvalue weighted by molar-refractivity contribution is 5.81. The van der Waals surface area contributed by atoms with Gasteiger partial charge in [0.1, 0.15) is 17.3 Å². The van der Waals surface area contributed by atoms with Crippen molar-refractivity contribution in [2.75, 3.05) is 40.4 Å². The summed E-state index contributed by atoms with van der Waals surface area (Å²) < 4.78 is 24.1. The average Bonchev–Trinajstić information content (AvgIpc) is 2.78. The first-order chi connectivity index (χ1) is 14.5. The van der Waals surface area contributed by atoms with Gasteiger partial charge in [0.15, 0.2) is 0 Å². The Bertz CT molecular complexity index is 836. The second-order valence-electron chi connectivity index (χ2n) is 7.51. The van der Waals surface area contributed by atoms with Gasteiger partial charge in [0.25, 0.3) is 0 Å². The van der Waals surface area contributed by atoms with Crippen LogP contribution in [0.25, 0.3) is 0 Å². The Morgan fingerprint density at radius 1 is 1.07 bits per heavy atom. The van der Waals surface area contributed by atoms with Crippen LogP contribution in [0.5, 0.6) is 11.5 Å². The fraction of sp³-hybridized carbons (Fsp3) is 0.435. The molecule has 7 heteroatoms. The number of amides is 1. The number of hydrogen-bond acceptors (Lipinski definition) is 5. The third-order valence-corrected chi connectivity index (χ3v) is 5.60. The number of hydrogen-bond donors (Lipinski definition) is 1. The molecule has 1 aliphatic rings. The lowest BCUT2D eigenvalue weighted by Crippen LogP contribution is -2.53. The molecular weight excluding hydrogens is 385 g/mol. The maximum atomic E-state index is 13.6. The van der Waals surface area contributed by atoms with Crippen LogP contribution >= 0.6 is 0 Å². The molecule has 1 amide bonds. The normalized spacial score (nSPS) is 16.1. The van der Waals surface area contributed by atoms with Crippen molar-refractivity contribution in [1.29, 1.82) is 0 Å². The number of piperazine rings is 1. The lowest BCUT2D eigenvalue weighted by Gasteiger charge is -2.37. The molecule has 30 heavy (non-hydrogen) atoms. The number of nitrogens with zero attached hydrogens (tertiary/aromatic N) is 2. The fourth-order valence-electron chi connectivity index (χ4n) is 3.67. The highest BCUT2D eigenvalue weighted by Gasteiger charge is 2.25. The monoisotopic (exact) mass is 415 g/mol. The minimum Gasteiger partial charge on any atom is -0.497 e. The summed E-state index contributed by atoms with van der Waals surface area (Å²) in [4.78, 5) is 17.0. The molecule has 0 aromatic heterocycles. The molecule has 3 rings (SSSR count). The van der Waals surface area contributed by atoms with Crippen molar-refractivity contribution < 1.29 is 18.7 Å². The third kappa shape index (κ3) is 5.70. The highest BCUT2D eigenvalue weighted by Crippen LogP contribution is 2.22. The van der Waals surface area contributed by atoms with Crippen LogP contribution in [0.15, 0.2) is 42.5 Å². The SMILES string of the molecule is COc1ccc(CNC(=O)[C@H](C)N2CCN(Cc3cc(F)ccc3OC)CC2)cc1. The van der Waals surface area contributed by atoms with E-state index < -0.39 is 0 Å². The van der Waals surface area contributed by atoms with Crippen molar-refractivity contribution >= 4 is 5.91 Å². The van der Waals surface area contributed by atoms with Crippen LogP contribution in [-0.4, -0.2) is 62.1 Å². The fourth-order valence-corrected chi connectivity index (χ4v) is 3.67. The first-order valence-corrected chi connectivity index (χ1v) is 10.2. The molecule has 1 fully saturated rings. The van der Waals surface area contributed by atoms with Crippen LogP contribution in [0.4, 0.5) is 4.39 Å². The van der Waals surface area contributed by atoms with Crippen molar-refractivity contribution in [2.45, 2.75) is 26.1 Å². The van der Waals surface area contributed by atoms with E-state index in [2.05, 4.69) is 15.1 Å². The number of halogens is 1. The lowest BCUT2D eigenvalue weighted by molar-refractivity contribution is -0.126. The quantitative estimate of drug-likeness (QED) is 0.719. The predicted molar refractivity (Wildman–Crippen MR) is 114 cm³/mol. The van der Waals surface area contributed by atoms with Gasteiger partial charge in [-0.15, -0.1) is 0 Å². The molecule has 0 radical (unpaired) electrons. The summed E-state index contributed by atoms with van der Waals surface area (Å²) in [6.07, 6.45) is 0. The van der Waals surface area contributed by atoms with Crippen LogP contribution in [-0.2, 0) is 17.9 Å². The van der Waals surface area contributed by atoms with Gasteiger partial charge in [0.2, 0.25) is 5.91 Å². The Kier molecular flexibility index (Phi) is 7.65. The second-order valence-corrected chi connectivity index (χ2v) is 7.51. The molecule has 1 saturated heterocycles. The van der Waals surface area contributed by atoms with E-state index in [0.717, 1.165) is 43.1 Å². The van der Waals surface area contributed by atoms with Gasteiger partial charge >= 0.3 is 0 Å². The molecule has 0 spiro atoms. The van der Waals surface area contributed by atoms with E-state index in [4.69, 9.17) is 9.47 Å². The first kappa shape index (κ1) is 22.1. The van der Waals surface area contributed by atoms with E-state index >= 15 is 0 Å². The molecule has 1 atom stereocenters. The van der Waals surface area contributed by atoms with Gasteiger partial charge in [-0.3, -0.25) is 14.6 Å². The van der Waals surface area contributed by atoms with Gasteiger partial charge in [0.05, 0.1) is 20.3 Å². The summed E-state index contributed by atoms with van der Waals surface area (Å²) in [6.45, 7) is 6.27. The van der Waals surface area contributed by atoms with E-state index in [1.165, 1.54) is 12.1 Å². The van der Waals surface area contributed by atoms with Gasteiger partial charge in [-0.2, -0.15) is 0 Å². The van der Waals surface area contributed by atoms with Gasteiger partial charge in [-0.25, -0.2) is 4.39 Å². The Hall–Kier alpha value is -2.64. The summed E-state index contributed by atoms with van der Waals surface area (Å²) >= 11 is 0. The molecule has 0 bridgehead atoms. The average molecular weight is 416 g/mol. The minimum absolute atomic E-state index is 0.0195. The number of carbonyl (C=O) groups excluding carboxylic acids is 1. The Labute approximate surface area is 177 Å². The summed E-state index contributed by atoms with van der Waals surface area (Å²) in [6, 6.07) is 12.1. The predicted octanol–water partition coefficient (Wildman–Crippen LogP) is 2.67. The van der Waals surface area contributed by atoms with E-state index in [0.29, 0.717) is 18.8 Å². The van der Waals surface area contributed by atoms with Crippen LogP contribution in [0.3, 0.4) is 0 Å². The number of rotatable bonds is 8. The van der Waals surface area contributed by atoms with E-state index in [9.17, 15) is 9.18 Å². The van der Waals surface area contributed by atoms with Gasteiger partial charge < -0.3 is 14.8 Å². The number of methoxy groups -OCH3 is 2. The zero-order valence-corrected chi connectivity index (χ0v) is 17.9. The molecule has 0 unspecified atom stereocenters. The van der Waals surface area contributed by atoms with Crippen molar-refractivity contribution in [3.05, 3.63) is 59.4 Å². The molecule has 0 saturated carbocycles. The van der Waals surface area contributed by atoms with E-state index in [-0.39, 0.29) is 17.8 Å². The number of benzene rings is 2. The van der Waals surface area contributed by atoms with Crippen LogP contribution in [0.1, 0.15) is 18.1 Å². The standard InChI is InChI=1S/C23H30FN3O3/c1-17(23(28)25-15-18-4-7-21(29-2)8-5-18)27-12-10-26(11-13-27)16-19-14-20(24)6-9-22(19)30-3/h4-9,14,17H,10-13,15-16H2,1-3H3,(H,25,28)/t17-/m0/s1. The minimum atomic E-state index is -0.258. The highest BCUT2D eigenvalue weighted by atomic mass is 19.1. The molecule has 2 aromatic carbocycles. The Morgan fingerprint density at radius 3 is 2.40 bits per heavy atom. The molecule has 0 aliphatic carbocycles. The molecule has 2 aromatic rings. The topological polar surface area (TPSA) is 54.0 Å². The summed E-state index contributed by atoms with van der Waals surface area (Å²) in [5.74, 6) is 1.26. The zero-order valence-electron chi connectivity index (χ0n) is 17.9. The Morgan fingerprint density at radius 2 is 1.77 bits per heavy atom. The number of ether oxygens (including phenoxy) is 2. The summed E-state index contributed by atoms with van der Waals surface area (Å²) in [5.41, 5.74) is 1.88. The van der Waals surface area contributed by atoms with Gasteiger partial charge in [-0.05, 0) is 42.8 Å². The largest absolute Gasteiger partial charge is 0.497 e. The zero-order chi connectivity index (χ0) is 21.5. The third-order valence-electron chi connectivity index (χ3n) is 5.60. The second kappa shape index (κ2) is 10.4.